The molecule has 2 fully saturated rings. The lowest BCUT2D eigenvalue weighted by Crippen LogP contribution is -2.44. The van der Waals surface area contributed by atoms with Crippen molar-refractivity contribution in [1.29, 1.82) is 0 Å². The monoisotopic (exact) mass is 286 g/mol. The van der Waals surface area contributed by atoms with E-state index in [0.717, 1.165) is 37.2 Å². The topological polar surface area (TPSA) is 47.3 Å². The Morgan fingerprint density at radius 3 is 2.90 bits per heavy atom. The van der Waals surface area contributed by atoms with Crippen LogP contribution in [0.5, 0.6) is 0 Å². The Kier molecular flexibility index (Phi) is 3.74. The van der Waals surface area contributed by atoms with Crippen molar-refractivity contribution in [3.63, 3.8) is 0 Å². The van der Waals surface area contributed by atoms with Crippen LogP contribution in [0.3, 0.4) is 0 Å². The van der Waals surface area contributed by atoms with Gasteiger partial charge in [0.1, 0.15) is 0 Å². The standard InChI is InChI=1S/C18H26N2O/c19-20-17(16-10-12-5-6-14(16)9-12)11-18-15-4-2-1-3-13(15)7-8-21-18/h1-4,12,14,16-18,20H,5-11,19H2. The number of hydrazine groups is 1. The number of nitrogens with one attached hydrogen (secondary N) is 1. The normalized spacial score (nSPS) is 35.7. The smallest absolute Gasteiger partial charge is 0.0843 e. The highest BCUT2D eigenvalue weighted by molar-refractivity contribution is 5.31. The van der Waals surface area contributed by atoms with Gasteiger partial charge in [0.05, 0.1) is 12.7 Å². The number of hydrogen-bond donors (Lipinski definition) is 2. The Labute approximate surface area is 127 Å². The number of hydrogen-bond acceptors (Lipinski definition) is 3. The first-order valence-electron chi connectivity index (χ1n) is 8.50. The minimum atomic E-state index is 0.218. The Bertz CT molecular complexity index is 504. The van der Waals surface area contributed by atoms with E-state index in [1.807, 2.05) is 0 Å². The van der Waals surface area contributed by atoms with Crippen LogP contribution in [0.4, 0.5) is 0 Å². The number of fused-ring (bicyclic) bond motifs is 3. The summed E-state index contributed by atoms with van der Waals surface area (Å²) in [6, 6.07) is 9.14. The summed E-state index contributed by atoms with van der Waals surface area (Å²) in [5, 5.41) is 0. The molecule has 1 aliphatic heterocycles. The van der Waals surface area contributed by atoms with Crippen molar-refractivity contribution in [1.82, 2.24) is 5.43 Å². The molecule has 2 saturated carbocycles. The van der Waals surface area contributed by atoms with E-state index in [1.165, 1.54) is 36.8 Å². The van der Waals surface area contributed by atoms with Crippen molar-refractivity contribution >= 4 is 0 Å². The summed E-state index contributed by atoms with van der Waals surface area (Å²) in [6.07, 6.45) is 7.94. The first-order valence-corrected chi connectivity index (χ1v) is 8.50. The molecule has 5 unspecified atom stereocenters. The first-order chi connectivity index (χ1) is 10.3. The van der Waals surface area contributed by atoms with E-state index >= 15 is 0 Å². The van der Waals surface area contributed by atoms with Crippen LogP contribution in [-0.2, 0) is 11.2 Å². The maximum absolute atomic E-state index is 6.08. The highest BCUT2D eigenvalue weighted by Crippen LogP contribution is 2.50. The van der Waals surface area contributed by atoms with Crippen LogP contribution in [0.2, 0.25) is 0 Å². The zero-order chi connectivity index (χ0) is 14.2. The Morgan fingerprint density at radius 2 is 2.14 bits per heavy atom. The molecule has 2 bridgehead atoms. The summed E-state index contributed by atoms with van der Waals surface area (Å²) in [7, 11) is 0. The maximum Gasteiger partial charge on any atom is 0.0843 e. The second kappa shape index (κ2) is 5.71. The molecule has 21 heavy (non-hydrogen) atoms. The molecule has 4 rings (SSSR count). The van der Waals surface area contributed by atoms with Crippen LogP contribution in [0.15, 0.2) is 24.3 Å². The van der Waals surface area contributed by atoms with Gasteiger partial charge in [-0.2, -0.15) is 0 Å². The van der Waals surface area contributed by atoms with Crippen molar-refractivity contribution < 1.29 is 4.74 Å². The first kappa shape index (κ1) is 13.7. The predicted molar refractivity (Wildman–Crippen MR) is 83.5 cm³/mol. The van der Waals surface area contributed by atoms with Crippen LogP contribution in [-0.4, -0.2) is 12.6 Å². The van der Waals surface area contributed by atoms with E-state index in [1.54, 1.807) is 0 Å². The van der Waals surface area contributed by atoms with Crippen molar-refractivity contribution in [3.05, 3.63) is 35.4 Å². The van der Waals surface area contributed by atoms with Crippen molar-refractivity contribution in [2.45, 2.75) is 50.7 Å². The van der Waals surface area contributed by atoms with E-state index in [-0.39, 0.29) is 6.10 Å². The van der Waals surface area contributed by atoms with Gasteiger partial charge in [0.15, 0.2) is 0 Å². The van der Waals surface area contributed by atoms with Crippen LogP contribution in [0, 0.1) is 17.8 Å². The van der Waals surface area contributed by atoms with Gasteiger partial charge in [-0.1, -0.05) is 30.7 Å². The molecule has 0 spiro atoms. The van der Waals surface area contributed by atoms with Gasteiger partial charge in [-0.15, -0.1) is 0 Å². The van der Waals surface area contributed by atoms with Gasteiger partial charge in [-0.3, -0.25) is 11.3 Å². The minimum absolute atomic E-state index is 0.218. The van der Waals surface area contributed by atoms with E-state index in [9.17, 15) is 0 Å². The fraction of sp³-hybridized carbons (Fsp3) is 0.667. The van der Waals surface area contributed by atoms with Crippen molar-refractivity contribution in [3.8, 4) is 0 Å². The van der Waals surface area contributed by atoms with E-state index in [2.05, 4.69) is 29.7 Å². The van der Waals surface area contributed by atoms with Gasteiger partial charge in [-0.25, -0.2) is 0 Å². The zero-order valence-electron chi connectivity index (χ0n) is 12.6. The molecular weight excluding hydrogens is 260 g/mol. The lowest BCUT2D eigenvalue weighted by molar-refractivity contribution is 0.0212. The Hall–Kier alpha value is -0.900. The van der Waals surface area contributed by atoms with Gasteiger partial charge < -0.3 is 4.74 Å². The summed E-state index contributed by atoms with van der Waals surface area (Å²) in [5.74, 6) is 8.54. The molecule has 114 valence electrons. The van der Waals surface area contributed by atoms with Gasteiger partial charge in [0.25, 0.3) is 0 Å². The Morgan fingerprint density at radius 1 is 1.24 bits per heavy atom. The van der Waals surface area contributed by atoms with Gasteiger partial charge in [-0.05, 0) is 61.0 Å². The van der Waals surface area contributed by atoms with Crippen LogP contribution in [0.25, 0.3) is 0 Å². The summed E-state index contributed by atoms with van der Waals surface area (Å²) in [6.45, 7) is 0.843. The third-order valence-corrected chi connectivity index (χ3v) is 6.08. The molecule has 2 aliphatic carbocycles. The van der Waals surface area contributed by atoms with Gasteiger partial charge in [0.2, 0.25) is 0 Å². The summed E-state index contributed by atoms with van der Waals surface area (Å²) < 4.78 is 6.08. The highest BCUT2D eigenvalue weighted by atomic mass is 16.5. The highest BCUT2D eigenvalue weighted by Gasteiger charge is 2.43. The summed E-state index contributed by atoms with van der Waals surface area (Å²) in [4.78, 5) is 0. The quantitative estimate of drug-likeness (QED) is 0.661. The third-order valence-electron chi connectivity index (χ3n) is 6.08. The molecule has 0 radical (unpaired) electrons. The number of ether oxygens (including phenoxy) is 1. The SMILES string of the molecule is NNC(CC1OCCc2ccccc21)C1CC2CCC1C2. The van der Waals surface area contributed by atoms with E-state index in [0.29, 0.717) is 6.04 Å². The molecule has 0 saturated heterocycles. The van der Waals surface area contributed by atoms with Crippen molar-refractivity contribution in [2.75, 3.05) is 6.61 Å². The molecule has 3 N–H and O–H groups in total. The lowest BCUT2D eigenvalue weighted by Gasteiger charge is -2.34. The van der Waals surface area contributed by atoms with Gasteiger partial charge in [0, 0.05) is 6.04 Å². The molecule has 3 nitrogen and oxygen atoms in total. The zero-order valence-corrected chi connectivity index (χ0v) is 12.6. The second-order valence-corrected chi connectivity index (χ2v) is 7.16. The van der Waals surface area contributed by atoms with E-state index < -0.39 is 0 Å². The number of benzene rings is 1. The largest absolute Gasteiger partial charge is 0.373 e. The average Bonchev–Trinajstić information content (AvgIpc) is 3.15. The molecule has 1 heterocycles. The van der Waals surface area contributed by atoms with Gasteiger partial charge >= 0.3 is 0 Å². The number of nitrogens with two attached hydrogens (primary N) is 1. The predicted octanol–water partition coefficient (Wildman–Crippen LogP) is 2.96. The lowest BCUT2D eigenvalue weighted by atomic mass is 9.80. The van der Waals surface area contributed by atoms with Crippen LogP contribution in [0.1, 0.15) is 49.3 Å². The molecule has 3 heteroatoms. The third kappa shape index (κ3) is 2.52. The van der Waals surface area contributed by atoms with Crippen LogP contribution < -0.4 is 11.3 Å². The molecular formula is C18H26N2O. The average molecular weight is 286 g/mol. The fourth-order valence-electron chi connectivity index (χ4n) is 5.06. The maximum atomic E-state index is 6.08. The van der Waals surface area contributed by atoms with E-state index in [4.69, 9.17) is 10.6 Å². The molecule has 1 aromatic rings. The second-order valence-electron chi connectivity index (χ2n) is 7.16. The molecule has 0 aromatic heterocycles. The minimum Gasteiger partial charge on any atom is -0.373 e. The molecule has 3 aliphatic rings. The summed E-state index contributed by atoms with van der Waals surface area (Å²) >= 11 is 0. The molecule has 5 atom stereocenters. The molecule has 1 aromatic carbocycles. The van der Waals surface area contributed by atoms with Crippen molar-refractivity contribution in [2.24, 2.45) is 23.6 Å². The fourth-order valence-corrected chi connectivity index (χ4v) is 5.06. The Balaban J connectivity index is 1.50. The molecule has 0 amide bonds. The van der Waals surface area contributed by atoms with Crippen LogP contribution >= 0.6 is 0 Å². The number of rotatable bonds is 4. The summed E-state index contributed by atoms with van der Waals surface area (Å²) in [5.41, 5.74) is 5.96.